The SMILES string of the molecule is Cc1ccc(C(C)CCN)cc1. The van der Waals surface area contributed by atoms with Crippen molar-refractivity contribution in [3.05, 3.63) is 35.4 Å². The van der Waals surface area contributed by atoms with Crippen molar-refractivity contribution >= 4 is 0 Å². The van der Waals surface area contributed by atoms with Gasteiger partial charge in [0.25, 0.3) is 0 Å². The highest BCUT2D eigenvalue weighted by Gasteiger charge is 2.02. The monoisotopic (exact) mass is 163 g/mol. The highest BCUT2D eigenvalue weighted by atomic mass is 14.5. The average molecular weight is 163 g/mol. The molecule has 0 aliphatic carbocycles. The van der Waals surface area contributed by atoms with E-state index in [0.29, 0.717) is 5.92 Å². The first kappa shape index (κ1) is 9.27. The molecular formula is C11H17N. The summed E-state index contributed by atoms with van der Waals surface area (Å²) in [6.45, 7) is 5.10. The highest BCUT2D eigenvalue weighted by Crippen LogP contribution is 2.18. The maximum atomic E-state index is 5.50. The van der Waals surface area contributed by atoms with Crippen LogP contribution in [-0.2, 0) is 0 Å². The van der Waals surface area contributed by atoms with Crippen molar-refractivity contribution in [1.82, 2.24) is 0 Å². The molecule has 0 fully saturated rings. The van der Waals surface area contributed by atoms with E-state index in [1.807, 2.05) is 0 Å². The number of aryl methyl sites for hydroxylation is 1. The molecule has 66 valence electrons. The molecule has 0 aliphatic heterocycles. The molecule has 1 atom stereocenters. The van der Waals surface area contributed by atoms with Crippen LogP contribution in [0.2, 0.25) is 0 Å². The molecule has 0 spiro atoms. The van der Waals surface area contributed by atoms with Crippen LogP contribution in [0.25, 0.3) is 0 Å². The van der Waals surface area contributed by atoms with Crippen LogP contribution >= 0.6 is 0 Å². The van der Waals surface area contributed by atoms with Gasteiger partial charge in [-0.25, -0.2) is 0 Å². The molecular weight excluding hydrogens is 146 g/mol. The van der Waals surface area contributed by atoms with E-state index in [1.54, 1.807) is 0 Å². The van der Waals surface area contributed by atoms with Crippen molar-refractivity contribution < 1.29 is 0 Å². The first-order valence-electron chi connectivity index (χ1n) is 4.50. The molecule has 1 aromatic rings. The first-order valence-corrected chi connectivity index (χ1v) is 4.50. The Balaban J connectivity index is 2.68. The van der Waals surface area contributed by atoms with Crippen molar-refractivity contribution in [3.8, 4) is 0 Å². The van der Waals surface area contributed by atoms with Crippen LogP contribution in [0.15, 0.2) is 24.3 Å². The van der Waals surface area contributed by atoms with Crippen LogP contribution in [0.1, 0.15) is 30.4 Å². The Labute approximate surface area is 74.6 Å². The summed E-state index contributed by atoms with van der Waals surface area (Å²) in [5.74, 6) is 0.593. The highest BCUT2D eigenvalue weighted by molar-refractivity contribution is 5.23. The average Bonchev–Trinajstić information content (AvgIpc) is 2.06. The fourth-order valence-corrected chi connectivity index (χ4v) is 1.31. The fourth-order valence-electron chi connectivity index (χ4n) is 1.31. The van der Waals surface area contributed by atoms with Crippen LogP contribution in [0.5, 0.6) is 0 Å². The lowest BCUT2D eigenvalue weighted by molar-refractivity contribution is 0.690. The molecule has 2 N–H and O–H groups in total. The lowest BCUT2D eigenvalue weighted by atomic mass is 9.97. The van der Waals surface area contributed by atoms with E-state index in [4.69, 9.17) is 5.73 Å². The van der Waals surface area contributed by atoms with Gasteiger partial charge < -0.3 is 5.73 Å². The van der Waals surface area contributed by atoms with Crippen LogP contribution in [-0.4, -0.2) is 6.54 Å². The van der Waals surface area contributed by atoms with E-state index in [2.05, 4.69) is 38.1 Å². The van der Waals surface area contributed by atoms with E-state index in [0.717, 1.165) is 13.0 Å². The maximum Gasteiger partial charge on any atom is -0.00715 e. The number of nitrogens with two attached hydrogens (primary N) is 1. The maximum absolute atomic E-state index is 5.50. The lowest BCUT2D eigenvalue weighted by Crippen LogP contribution is -2.04. The Bertz CT molecular complexity index is 225. The number of rotatable bonds is 3. The summed E-state index contributed by atoms with van der Waals surface area (Å²) in [5.41, 5.74) is 8.21. The van der Waals surface area contributed by atoms with Crippen LogP contribution in [0, 0.1) is 6.92 Å². The Kier molecular flexibility index (Phi) is 3.30. The summed E-state index contributed by atoms with van der Waals surface area (Å²) in [4.78, 5) is 0. The second-order valence-corrected chi connectivity index (χ2v) is 3.39. The van der Waals surface area contributed by atoms with Gasteiger partial charge in [-0.3, -0.25) is 0 Å². The van der Waals surface area contributed by atoms with Gasteiger partial charge in [0.2, 0.25) is 0 Å². The first-order chi connectivity index (χ1) is 5.74. The summed E-state index contributed by atoms with van der Waals surface area (Å²) in [6, 6.07) is 8.69. The summed E-state index contributed by atoms with van der Waals surface area (Å²) in [7, 11) is 0. The third kappa shape index (κ3) is 2.35. The van der Waals surface area contributed by atoms with Gasteiger partial charge in [0, 0.05) is 0 Å². The lowest BCUT2D eigenvalue weighted by Gasteiger charge is -2.09. The Morgan fingerprint density at radius 1 is 1.25 bits per heavy atom. The molecule has 1 heteroatoms. The topological polar surface area (TPSA) is 26.0 Å². The molecule has 0 amide bonds. The Morgan fingerprint density at radius 3 is 2.33 bits per heavy atom. The van der Waals surface area contributed by atoms with Gasteiger partial charge in [0.15, 0.2) is 0 Å². The van der Waals surface area contributed by atoms with Gasteiger partial charge >= 0.3 is 0 Å². The molecule has 1 nitrogen and oxygen atoms in total. The van der Waals surface area contributed by atoms with Gasteiger partial charge in [-0.15, -0.1) is 0 Å². The van der Waals surface area contributed by atoms with Gasteiger partial charge in [-0.2, -0.15) is 0 Å². The van der Waals surface area contributed by atoms with Crippen LogP contribution in [0.4, 0.5) is 0 Å². The summed E-state index contributed by atoms with van der Waals surface area (Å²) in [5, 5.41) is 0. The molecule has 12 heavy (non-hydrogen) atoms. The van der Waals surface area contributed by atoms with Crippen molar-refractivity contribution in [1.29, 1.82) is 0 Å². The molecule has 1 aromatic carbocycles. The van der Waals surface area contributed by atoms with Gasteiger partial charge in [0.05, 0.1) is 0 Å². The molecule has 0 heterocycles. The van der Waals surface area contributed by atoms with Gasteiger partial charge in [0.1, 0.15) is 0 Å². The second-order valence-electron chi connectivity index (χ2n) is 3.39. The van der Waals surface area contributed by atoms with Crippen molar-refractivity contribution in [2.24, 2.45) is 5.73 Å². The minimum Gasteiger partial charge on any atom is -0.330 e. The van der Waals surface area contributed by atoms with Gasteiger partial charge in [-0.1, -0.05) is 36.8 Å². The summed E-state index contributed by atoms with van der Waals surface area (Å²) < 4.78 is 0. The summed E-state index contributed by atoms with van der Waals surface area (Å²) >= 11 is 0. The zero-order valence-corrected chi connectivity index (χ0v) is 7.88. The van der Waals surface area contributed by atoms with E-state index in [1.165, 1.54) is 11.1 Å². The van der Waals surface area contributed by atoms with E-state index in [-0.39, 0.29) is 0 Å². The molecule has 0 saturated carbocycles. The predicted molar refractivity (Wildman–Crippen MR) is 53.3 cm³/mol. The molecule has 0 bridgehead atoms. The molecule has 1 rings (SSSR count). The third-order valence-corrected chi connectivity index (χ3v) is 2.25. The minimum absolute atomic E-state index is 0.593. The Morgan fingerprint density at radius 2 is 1.83 bits per heavy atom. The Hall–Kier alpha value is -0.820. The van der Waals surface area contributed by atoms with Crippen LogP contribution in [0.3, 0.4) is 0 Å². The molecule has 0 radical (unpaired) electrons. The fraction of sp³-hybridized carbons (Fsp3) is 0.455. The zero-order chi connectivity index (χ0) is 8.97. The van der Waals surface area contributed by atoms with E-state index >= 15 is 0 Å². The smallest absolute Gasteiger partial charge is 0.00715 e. The van der Waals surface area contributed by atoms with Crippen LogP contribution < -0.4 is 5.73 Å². The molecule has 0 aliphatic rings. The number of hydrogen-bond donors (Lipinski definition) is 1. The third-order valence-electron chi connectivity index (χ3n) is 2.25. The van der Waals surface area contributed by atoms with E-state index in [9.17, 15) is 0 Å². The number of benzene rings is 1. The molecule has 1 unspecified atom stereocenters. The second kappa shape index (κ2) is 4.27. The number of hydrogen-bond acceptors (Lipinski definition) is 1. The quantitative estimate of drug-likeness (QED) is 0.727. The predicted octanol–water partition coefficient (Wildman–Crippen LogP) is 2.45. The summed E-state index contributed by atoms with van der Waals surface area (Å²) in [6.07, 6.45) is 1.07. The standard InChI is InChI=1S/C11H17N/c1-9-3-5-11(6-4-9)10(2)7-8-12/h3-6,10H,7-8,12H2,1-2H3. The zero-order valence-electron chi connectivity index (χ0n) is 7.88. The van der Waals surface area contributed by atoms with E-state index < -0.39 is 0 Å². The normalized spacial score (nSPS) is 12.9. The van der Waals surface area contributed by atoms with Gasteiger partial charge in [-0.05, 0) is 31.4 Å². The van der Waals surface area contributed by atoms with Crippen molar-refractivity contribution in [2.45, 2.75) is 26.2 Å². The molecule has 0 aromatic heterocycles. The van der Waals surface area contributed by atoms with Crippen molar-refractivity contribution in [2.75, 3.05) is 6.54 Å². The largest absolute Gasteiger partial charge is 0.330 e. The van der Waals surface area contributed by atoms with Crippen molar-refractivity contribution in [3.63, 3.8) is 0 Å². The minimum atomic E-state index is 0.593. The molecule has 0 saturated heterocycles.